The summed E-state index contributed by atoms with van der Waals surface area (Å²) >= 11 is 0. The Bertz CT molecular complexity index is 641. The number of benzene rings is 1. The first-order valence-corrected chi connectivity index (χ1v) is 8.00. The molecule has 0 radical (unpaired) electrons. The Labute approximate surface area is 129 Å². The first-order valence-electron chi connectivity index (χ1n) is 8.00. The highest BCUT2D eigenvalue weighted by Crippen LogP contribution is 2.49. The molecule has 1 aliphatic carbocycles. The number of rotatable bonds is 3. The monoisotopic (exact) mass is 296 g/mol. The third-order valence-electron chi connectivity index (χ3n) is 5.05. The number of hydrogen-bond acceptors (Lipinski definition) is 3. The largest absolute Gasteiger partial charge is 0.342 e. The fraction of sp³-hybridized carbons (Fsp3) is 0.471. The maximum absolute atomic E-state index is 13.0. The number of piperidine rings is 1. The highest BCUT2D eigenvalue weighted by Gasteiger charge is 2.53. The van der Waals surface area contributed by atoms with Crippen LogP contribution in [0.1, 0.15) is 37.3 Å². The van der Waals surface area contributed by atoms with E-state index in [0.29, 0.717) is 11.9 Å². The normalized spacial score (nSPS) is 20.8. The van der Waals surface area contributed by atoms with Crippen molar-refractivity contribution in [1.82, 2.24) is 19.9 Å². The average molecular weight is 296 g/mol. The van der Waals surface area contributed by atoms with Gasteiger partial charge in [0.15, 0.2) is 0 Å². The van der Waals surface area contributed by atoms with E-state index in [2.05, 4.69) is 22.4 Å². The maximum atomic E-state index is 13.0. The summed E-state index contributed by atoms with van der Waals surface area (Å²) in [4.78, 5) is 15.0. The SMILES string of the molecule is O=C(N1CCC(n2ccnn2)CC1)C1(c2ccccc2)CC1. The van der Waals surface area contributed by atoms with Gasteiger partial charge in [0.05, 0.1) is 17.7 Å². The van der Waals surface area contributed by atoms with Crippen molar-refractivity contribution < 1.29 is 4.79 Å². The summed E-state index contributed by atoms with van der Waals surface area (Å²) in [5.41, 5.74) is 0.944. The third kappa shape index (κ3) is 2.21. The predicted molar refractivity (Wildman–Crippen MR) is 82.2 cm³/mol. The van der Waals surface area contributed by atoms with E-state index < -0.39 is 0 Å². The van der Waals surface area contributed by atoms with Gasteiger partial charge in [0.1, 0.15) is 0 Å². The van der Waals surface area contributed by atoms with Gasteiger partial charge in [-0.2, -0.15) is 0 Å². The lowest BCUT2D eigenvalue weighted by atomic mass is 9.93. The zero-order valence-electron chi connectivity index (χ0n) is 12.6. The standard InChI is InChI=1S/C17H20N4O/c22-16(17(8-9-17)14-4-2-1-3-5-14)20-11-6-15(7-12-20)21-13-10-18-19-21/h1-5,10,13,15H,6-9,11-12H2. The molecule has 2 aliphatic rings. The van der Waals surface area contributed by atoms with E-state index >= 15 is 0 Å². The van der Waals surface area contributed by atoms with Gasteiger partial charge in [0.25, 0.3) is 0 Å². The second-order valence-electron chi connectivity index (χ2n) is 6.35. The molecule has 2 fully saturated rings. The Morgan fingerprint density at radius 3 is 2.45 bits per heavy atom. The zero-order chi connectivity index (χ0) is 15.0. The quantitative estimate of drug-likeness (QED) is 0.872. The second-order valence-corrected chi connectivity index (χ2v) is 6.35. The Morgan fingerprint density at radius 2 is 1.86 bits per heavy atom. The van der Waals surface area contributed by atoms with E-state index in [4.69, 9.17) is 0 Å². The number of likely N-dealkylation sites (tertiary alicyclic amines) is 1. The lowest BCUT2D eigenvalue weighted by Crippen LogP contribution is -2.44. The first-order chi connectivity index (χ1) is 10.8. The van der Waals surface area contributed by atoms with Gasteiger partial charge in [-0.3, -0.25) is 4.79 Å². The van der Waals surface area contributed by atoms with E-state index in [1.165, 1.54) is 5.56 Å². The van der Waals surface area contributed by atoms with Crippen molar-refractivity contribution in [3.8, 4) is 0 Å². The van der Waals surface area contributed by atoms with Crippen molar-refractivity contribution in [2.45, 2.75) is 37.1 Å². The Hall–Kier alpha value is -2.17. The Balaban J connectivity index is 1.45. The highest BCUT2D eigenvalue weighted by atomic mass is 16.2. The van der Waals surface area contributed by atoms with Gasteiger partial charge in [-0.1, -0.05) is 35.5 Å². The van der Waals surface area contributed by atoms with Gasteiger partial charge in [0, 0.05) is 19.3 Å². The molecule has 1 amide bonds. The van der Waals surface area contributed by atoms with Crippen LogP contribution >= 0.6 is 0 Å². The smallest absolute Gasteiger partial charge is 0.233 e. The maximum Gasteiger partial charge on any atom is 0.233 e. The minimum Gasteiger partial charge on any atom is -0.342 e. The van der Waals surface area contributed by atoms with Gasteiger partial charge in [-0.05, 0) is 31.2 Å². The molecule has 1 saturated carbocycles. The molecule has 22 heavy (non-hydrogen) atoms. The average Bonchev–Trinajstić information content (AvgIpc) is 3.22. The summed E-state index contributed by atoms with van der Waals surface area (Å²) in [6, 6.07) is 10.6. The molecule has 1 aromatic heterocycles. The summed E-state index contributed by atoms with van der Waals surface area (Å²) in [5, 5.41) is 7.95. The minimum atomic E-state index is -0.235. The Morgan fingerprint density at radius 1 is 1.14 bits per heavy atom. The van der Waals surface area contributed by atoms with Crippen molar-refractivity contribution in [2.24, 2.45) is 0 Å². The molecular weight excluding hydrogens is 276 g/mol. The van der Waals surface area contributed by atoms with Crippen molar-refractivity contribution in [1.29, 1.82) is 0 Å². The van der Waals surface area contributed by atoms with Gasteiger partial charge >= 0.3 is 0 Å². The summed E-state index contributed by atoms with van der Waals surface area (Å²) in [6.45, 7) is 1.63. The van der Waals surface area contributed by atoms with Gasteiger partial charge in [0.2, 0.25) is 5.91 Å². The number of carbonyl (C=O) groups is 1. The van der Waals surface area contributed by atoms with Crippen LogP contribution in [0.2, 0.25) is 0 Å². The predicted octanol–water partition coefficient (Wildman–Crippen LogP) is 2.17. The Kier molecular flexibility index (Phi) is 3.21. The molecule has 1 saturated heterocycles. The molecule has 4 rings (SSSR count). The lowest BCUT2D eigenvalue weighted by molar-refractivity contribution is -0.135. The van der Waals surface area contributed by atoms with Crippen molar-refractivity contribution in [3.05, 3.63) is 48.3 Å². The van der Waals surface area contributed by atoms with Crippen LogP contribution in [0.4, 0.5) is 0 Å². The van der Waals surface area contributed by atoms with Crippen LogP contribution in [-0.4, -0.2) is 38.9 Å². The van der Waals surface area contributed by atoms with Crippen LogP contribution in [0.5, 0.6) is 0 Å². The summed E-state index contributed by atoms with van der Waals surface area (Å²) in [5.74, 6) is 0.316. The molecule has 0 spiro atoms. The molecule has 114 valence electrons. The molecule has 0 unspecified atom stereocenters. The van der Waals surface area contributed by atoms with Crippen LogP contribution in [0.3, 0.4) is 0 Å². The zero-order valence-corrected chi connectivity index (χ0v) is 12.6. The van der Waals surface area contributed by atoms with Crippen LogP contribution in [0.15, 0.2) is 42.7 Å². The van der Waals surface area contributed by atoms with Gasteiger partial charge in [-0.25, -0.2) is 4.68 Å². The third-order valence-corrected chi connectivity index (χ3v) is 5.05. The molecule has 1 aliphatic heterocycles. The van der Waals surface area contributed by atoms with Crippen LogP contribution < -0.4 is 0 Å². The van der Waals surface area contributed by atoms with Crippen molar-refractivity contribution in [2.75, 3.05) is 13.1 Å². The molecule has 5 nitrogen and oxygen atoms in total. The molecule has 0 bridgehead atoms. The number of amides is 1. The van der Waals surface area contributed by atoms with Gasteiger partial charge < -0.3 is 4.90 Å². The molecule has 2 heterocycles. The van der Waals surface area contributed by atoms with E-state index in [-0.39, 0.29) is 5.41 Å². The first kappa shape index (κ1) is 13.5. The van der Waals surface area contributed by atoms with Crippen molar-refractivity contribution >= 4 is 5.91 Å². The lowest BCUT2D eigenvalue weighted by Gasteiger charge is -2.34. The molecule has 1 aromatic carbocycles. The fourth-order valence-electron chi connectivity index (χ4n) is 3.56. The van der Waals surface area contributed by atoms with Crippen LogP contribution in [-0.2, 0) is 10.2 Å². The van der Waals surface area contributed by atoms with Gasteiger partial charge in [-0.15, -0.1) is 5.10 Å². The second kappa shape index (κ2) is 5.23. The van der Waals surface area contributed by atoms with E-state index in [1.54, 1.807) is 6.20 Å². The van der Waals surface area contributed by atoms with E-state index in [0.717, 1.165) is 38.8 Å². The molecule has 0 atom stereocenters. The number of hydrogen-bond donors (Lipinski definition) is 0. The van der Waals surface area contributed by atoms with Crippen LogP contribution in [0.25, 0.3) is 0 Å². The molecular formula is C17H20N4O. The summed E-state index contributed by atoms with van der Waals surface area (Å²) in [6.07, 6.45) is 7.51. The topological polar surface area (TPSA) is 51.0 Å². The summed E-state index contributed by atoms with van der Waals surface area (Å²) < 4.78 is 1.92. The highest BCUT2D eigenvalue weighted by molar-refractivity contribution is 5.91. The molecule has 0 N–H and O–H groups in total. The number of aromatic nitrogens is 3. The molecule has 2 aromatic rings. The van der Waals surface area contributed by atoms with E-state index in [9.17, 15) is 4.79 Å². The van der Waals surface area contributed by atoms with Crippen LogP contribution in [0, 0.1) is 0 Å². The number of nitrogens with zero attached hydrogens (tertiary/aromatic N) is 4. The summed E-state index contributed by atoms with van der Waals surface area (Å²) in [7, 11) is 0. The number of carbonyl (C=O) groups excluding carboxylic acids is 1. The minimum absolute atomic E-state index is 0.235. The molecule has 5 heteroatoms. The van der Waals surface area contributed by atoms with E-state index in [1.807, 2.05) is 34.0 Å². The fourth-order valence-corrected chi connectivity index (χ4v) is 3.56. The van der Waals surface area contributed by atoms with Crippen molar-refractivity contribution in [3.63, 3.8) is 0 Å².